The van der Waals surface area contributed by atoms with Crippen LogP contribution in [0.15, 0.2) is 42.7 Å². The fraction of sp³-hybridized carbons (Fsp3) is 0.480. The number of carbonyl (C=O) groups is 2. The first-order valence-corrected chi connectivity index (χ1v) is 12.1. The van der Waals surface area contributed by atoms with Crippen molar-refractivity contribution in [2.75, 3.05) is 19.6 Å². The maximum absolute atomic E-state index is 13.1. The minimum Gasteiger partial charge on any atom is -0.444 e. The number of halogens is 2. The summed E-state index contributed by atoms with van der Waals surface area (Å²) >= 11 is 12.1. The minimum atomic E-state index is -0.847. The predicted octanol–water partition coefficient (Wildman–Crippen LogP) is 5.19. The first kappa shape index (κ1) is 27.9. The summed E-state index contributed by atoms with van der Waals surface area (Å²) in [6.45, 7) is 6.57. The number of aliphatic hydroxyl groups is 1. The van der Waals surface area contributed by atoms with E-state index in [-0.39, 0.29) is 18.9 Å². The minimum absolute atomic E-state index is 0.117. The third-order valence-electron chi connectivity index (χ3n) is 4.93. The van der Waals surface area contributed by atoms with E-state index in [2.05, 4.69) is 10.3 Å². The fourth-order valence-electron chi connectivity index (χ4n) is 3.25. The van der Waals surface area contributed by atoms with Crippen LogP contribution in [0.4, 0.5) is 4.79 Å². The van der Waals surface area contributed by atoms with Crippen molar-refractivity contribution in [1.29, 1.82) is 0 Å². The number of aromatic nitrogens is 1. The molecule has 1 unspecified atom stereocenters. The van der Waals surface area contributed by atoms with Gasteiger partial charge in [-0.05, 0) is 63.8 Å². The van der Waals surface area contributed by atoms with Gasteiger partial charge in [0.25, 0.3) is 0 Å². The Morgan fingerprint density at radius 2 is 1.91 bits per heavy atom. The molecule has 1 aromatic heterocycles. The molecule has 0 aliphatic heterocycles. The molecular weight excluding hydrogens is 477 g/mol. The van der Waals surface area contributed by atoms with Gasteiger partial charge in [0.1, 0.15) is 5.60 Å². The molecule has 0 radical (unpaired) electrons. The van der Waals surface area contributed by atoms with Crippen molar-refractivity contribution in [3.63, 3.8) is 0 Å². The van der Waals surface area contributed by atoms with Gasteiger partial charge in [-0.15, -0.1) is 0 Å². The number of amides is 2. The number of nitrogens with one attached hydrogen (secondary N) is 1. The van der Waals surface area contributed by atoms with E-state index in [1.807, 2.05) is 20.8 Å². The first-order valence-electron chi connectivity index (χ1n) is 11.3. The zero-order valence-electron chi connectivity index (χ0n) is 19.9. The zero-order chi connectivity index (χ0) is 25.1. The van der Waals surface area contributed by atoms with E-state index in [9.17, 15) is 14.7 Å². The third-order valence-corrected chi connectivity index (χ3v) is 5.67. The summed E-state index contributed by atoms with van der Waals surface area (Å²) in [5.74, 6) is -0.117. The Labute approximate surface area is 211 Å². The summed E-state index contributed by atoms with van der Waals surface area (Å²) < 4.78 is 5.22. The average molecular weight is 510 g/mol. The highest BCUT2D eigenvalue weighted by Gasteiger charge is 2.20. The van der Waals surface area contributed by atoms with E-state index in [4.69, 9.17) is 27.9 Å². The molecule has 7 nitrogen and oxygen atoms in total. The highest BCUT2D eigenvalue weighted by molar-refractivity contribution is 6.42. The summed E-state index contributed by atoms with van der Waals surface area (Å²) in [7, 11) is 0. The summed E-state index contributed by atoms with van der Waals surface area (Å²) in [6.07, 6.45) is 4.36. The number of ether oxygens (including phenoxy) is 1. The summed E-state index contributed by atoms with van der Waals surface area (Å²) in [4.78, 5) is 30.5. The molecule has 0 spiro atoms. The lowest BCUT2D eigenvalue weighted by Crippen LogP contribution is -2.37. The quantitative estimate of drug-likeness (QED) is 0.406. The van der Waals surface area contributed by atoms with Crippen molar-refractivity contribution >= 4 is 35.2 Å². The predicted molar refractivity (Wildman–Crippen MR) is 134 cm³/mol. The van der Waals surface area contributed by atoms with E-state index in [0.717, 1.165) is 24.8 Å². The van der Waals surface area contributed by atoms with Gasteiger partial charge < -0.3 is 20.1 Å². The average Bonchev–Trinajstić information content (AvgIpc) is 2.77. The highest BCUT2D eigenvalue weighted by Crippen LogP contribution is 2.23. The molecule has 1 aromatic carbocycles. The van der Waals surface area contributed by atoms with Crippen LogP contribution in [0.2, 0.25) is 10.0 Å². The molecule has 34 heavy (non-hydrogen) atoms. The molecule has 9 heteroatoms. The van der Waals surface area contributed by atoms with Crippen LogP contribution in [0, 0.1) is 0 Å². The monoisotopic (exact) mass is 509 g/mol. The lowest BCUT2D eigenvalue weighted by atomic mass is 10.1. The van der Waals surface area contributed by atoms with Gasteiger partial charge in [-0.1, -0.05) is 35.3 Å². The molecule has 0 aliphatic rings. The van der Waals surface area contributed by atoms with E-state index in [0.29, 0.717) is 28.7 Å². The van der Waals surface area contributed by atoms with Crippen LogP contribution in [-0.4, -0.2) is 52.2 Å². The number of carbonyl (C=O) groups excluding carboxylic acids is 2. The van der Waals surface area contributed by atoms with Crippen LogP contribution in [-0.2, 0) is 16.0 Å². The van der Waals surface area contributed by atoms with Gasteiger partial charge in [0.05, 0.1) is 29.1 Å². The molecule has 2 aromatic rings. The number of alkyl carbamates (subject to hydrolysis) is 1. The van der Waals surface area contributed by atoms with E-state index >= 15 is 0 Å². The van der Waals surface area contributed by atoms with Gasteiger partial charge in [0.15, 0.2) is 0 Å². The zero-order valence-corrected chi connectivity index (χ0v) is 21.4. The molecule has 186 valence electrons. The number of benzene rings is 1. The fourth-order valence-corrected chi connectivity index (χ4v) is 3.57. The maximum atomic E-state index is 13.1. The molecule has 2 N–H and O–H groups in total. The van der Waals surface area contributed by atoms with Crippen LogP contribution in [0.5, 0.6) is 0 Å². The number of pyridine rings is 1. The molecule has 0 saturated carbocycles. The summed E-state index contributed by atoms with van der Waals surface area (Å²) in [5.41, 5.74) is 0.868. The van der Waals surface area contributed by atoms with Crippen LogP contribution < -0.4 is 5.32 Å². The molecule has 1 atom stereocenters. The normalized spacial score (nSPS) is 12.2. The molecule has 0 fully saturated rings. The van der Waals surface area contributed by atoms with Gasteiger partial charge in [-0.2, -0.15) is 0 Å². The van der Waals surface area contributed by atoms with Crippen molar-refractivity contribution in [1.82, 2.24) is 15.2 Å². The second-order valence-electron chi connectivity index (χ2n) is 9.06. The van der Waals surface area contributed by atoms with Gasteiger partial charge >= 0.3 is 6.09 Å². The van der Waals surface area contributed by atoms with Crippen molar-refractivity contribution < 1.29 is 19.4 Å². The lowest BCUT2D eigenvalue weighted by molar-refractivity contribution is -0.132. The van der Waals surface area contributed by atoms with Gasteiger partial charge in [-0.3, -0.25) is 9.78 Å². The molecule has 1 heterocycles. The molecule has 2 rings (SSSR count). The second kappa shape index (κ2) is 13.5. The molecule has 0 saturated heterocycles. The smallest absolute Gasteiger partial charge is 0.407 e. The Hall–Kier alpha value is -2.35. The third kappa shape index (κ3) is 10.3. The van der Waals surface area contributed by atoms with Crippen molar-refractivity contribution in [2.24, 2.45) is 0 Å². The number of unbranched alkanes of at least 4 members (excludes halogenated alkanes) is 2. The Balaban J connectivity index is 1.90. The number of hydrogen-bond acceptors (Lipinski definition) is 5. The van der Waals surface area contributed by atoms with E-state index in [1.54, 1.807) is 47.6 Å². The Morgan fingerprint density at radius 3 is 2.56 bits per heavy atom. The van der Waals surface area contributed by atoms with Crippen molar-refractivity contribution in [3.8, 4) is 0 Å². The van der Waals surface area contributed by atoms with Gasteiger partial charge in [-0.25, -0.2) is 4.79 Å². The maximum Gasteiger partial charge on any atom is 0.407 e. The van der Waals surface area contributed by atoms with Crippen LogP contribution in [0.3, 0.4) is 0 Å². The van der Waals surface area contributed by atoms with E-state index in [1.165, 1.54) is 0 Å². The summed E-state index contributed by atoms with van der Waals surface area (Å²) in [6, 6.07) is 8.64. The summed E-state index contributed by atoms with van der Waals surface area (Å²) in [5, 5.41) is 14.2. The van der Waals surface area contributed by atoms with Crippen molar-refractivity contribution in [3.05, 3.63) is 63.9 Å². The standard InChI is InChI=1S/C25H33Cl2N3O4/c1-25(2,3)34-24(33)29-12-5-4-6-13-30(17-22(31)19-8-7-11-28-16-19)23(32)15-18-9-10-20(26)21(27)14-18/h7-11,14,16,22,31H,4-6,12-13,15,17H2,1-3H3,(H,29,33). The van der Waals surface area contributed by atoms with Crippen LogP contribution in [0.1, 0.15) is 57.3 Å². The SMILES string of the molecule is CC(C)(C)OC(=O)NCCCCCN(CC(O)c1cccnc1)C(=O)Cc1ccc(Cl)c(Cl)c1. The largest absolute Gasteiger partial charge is 0.444 e. The molecule has 0 aliphatic carbocycles. The molecular formula is C25H33Cl2N3O4. The number of nitrogens with zero attached hydrogens (tertiary/aromatic N) is 2. The number of aliphatic hydroxyl groups excluding tert-OH is 1. The van der Waals surface area contributed by atoms with Crippen LogP contribution >= 0.6 is 23.2 Å². The highest BCUT2D eigenvalue weighted by atomic mass is 35.5. The number of hydrogen-bond donors (Lipinski definition) is 2. The Bertz CT molecular complexity index is 936. The van der Waals surface area contributed by atoms with Gasteiger partial charge in [0, 0.05) is 31.0 Å². The lowest BCUT2D eigenvalue weighted by Gasteiger charge is -2.26. The van der Waals surface area contributed by atoms with Crippen molar-refractivity contribution in [2.45, 2.75) is 58.2 Å². The molecule has 2 amide bonds. The molecule has 0 bridgehead atoms. The Kier molecular flexibility index (Phi) is 11.1. The first-order chi connectivity index (χ1) is 16.0. The number of rotatable bonds is 11. The van der Waals surface area contributed by atoms with Crippen LogP contribution in [0.25, 0.3) is 0 Å². The van der Waals surface area contributed by atoms with E-state index < -0.39 is 17.8 Å². The topological polar surface area (TPSA) is 91.8 Å². The van der Waals surface area contributed by atoms with Gasteiger partial charge in [0.2, 0.25) is 5.91 Å². The Morgan fingerprint density at radius 1 is 1.15 bits per heavy atom. The second-order valence-corrected chi connectivity index (χ2v) is 9.87.